The van der Waals surface area contributed by atoms with Crippen LogP contribution in [0.2, 0.25) is 0 Å². The molecule has 2 aromatic heterocycles. The van der Waals surface area contributed by atoms with Gasteiger partial charge in [-0.05, 0) is 24.6 Å². The van der Waals surface area contributed by atoms with Crippen LogP contribution in [0.3, 0.4) is 0 Å². The van der Waals surface area contributed by atoms with Crippen LogP contribution in [0, 0.1) is 0 Å². The lowest BCUT2D eigenvalue weighted by Crippen LogP contribution is -2.14. The number of rotatable bonds is 8. The predicted molar refractivity (Wildman–Crippen MR) is 105 cm³/mol. The molecule has 1 aromatic carbocycles. The van der Waals surface area contributed by atoms with Gasteiger partial charge in [0.2, 0.25) is 11.0 Å². The largest absolute Gasteiger partial charge is 0.486 e. The number of hydrogen-bond donors (Lipinski definition) is 1. The molecule has 3 rings (SSSR count). The van der Waals surface area contributed by atoms with Crippen molar-refractivity contribution >= 4 is 34.1 Å². The van der Waals surface area contributed by atoms with Gasteiger partial charge in [0.05, 0.1) is 11.3 Å². The first-order chi connectivity index (χ1) is 14.3. The number of nitrogens with one attached hydrogen (secondary N) is 1. The number of amides is 1. The number of hydrogen-bond acceptors (Lipinski definition) is 8. The van der Waals surface area contributed by atoms with Crippen LogP contribution in [0.1, 0.15) is 23.3 Å². The zero-order chi connectivity index (χ0) is 21.7. The molecule has 0 saturated carbocycles. The third-order valence-electron chi connectivity index (χ3n) is 3.80. The van der Waals surface area contributed by atoms with E-state index in [0.717, 1.165) is 35.3 Å². The first-order valence-electron chi connectivity index (χ1n) is 8.69. The molecular weight excluding hydrogens is 441 g/mol. The summed E-state index contributed by atoms with van der Waals surface area (Å²) in [4.78, 5) is 12.1. The molecule has 30 heavy (non-hydrogen) atoms. The van der Waals surface area contributed by atoms with E-state index < -0.39 is 11.7 Å². The lowest BCUT2D eigenvalue weighted by Gasteiger charge is -2.10. The average Bonchev–Trinajstić information content (AvgIpc) is 3.30. The molecule has 8 nitrogen and oxygen atoms in total. The summed E-state index contributed by atoms with van der Waals surface area (Å²) in [6.07, 6.45) is -3.70. The first kappa shape index (κ1) is 22.0. The summed E-state index contributed by atoms with van der Waals surface area (Å²) in [5.74, 6) is 0.308. The van der Waals surface area contributed by atoms with Crippen molar-refractivity contribution in [1.29, 1.82) is 0 Å². The van der Waals surface area contributed by atoms with Crippen molar-refractivity contribution in [3.63, 3.8) is 0 Å². The van der Waals surface area contributed by atoms with Crippen molar-refractivity contribution in [2.24, 2.45) is 7.05 Å². The minimum absolute atomic E-state index is 0.0673. The topological polar surface area (TPSA) is 94.8 Å². The number of aromatic nitrogens is 5. The van der Waals surface area contributed by atoms with E-state index in [0.29, 0.717) is 16.1 Å². The van der Waals surface area contributed by atoms with Gasteiger partial charge in [0.15, 0.2) is 11.0 Å². The van der Waals surface area contributed by atoms with Gasteiger partial charge in [-0.15, -0.1) is 20.4 Å². The van der Waals surface area contributed by atoms with E-state index in [1.807, 2.05) is 6.92 Å². The Kier molecular flexibility index (Phi) is 6.92. The van der Waals surface area contributed by atoms with Crippen LogP contribution in [-0.4, -0.2) is 36.6 Å². The fourth-order valence-electron chi connectivity index (χ4n) is 2.24. The van der Waals surface area contributed by atoms with Gasteiger partial charge in [0.25, 0.3) is 0 Å². The molecule has 3 aromatic rings. The van der Waals surface area contributed by atoms with Crippen LogP contribution in [0.4, 0.5) is 18.3 Å². The highest BCUT2D eigenvalue weighted by Crippen LogP contribution is 2.31. The Hall–Kier alpha value is -2.67. The zero-order valence-electron chi connectivity index (χ0n) is 15.9. The molecule has 0 bridgehead atoms. The van der Waals surface area contributed by atoms with Crippen molar-refractivity contribution in [3.8, 4) is 5.75 Å². The summed E-state index contributed by atoms with van der Waals surface area (Å²) in [6.45, 7) is 1.88. The highest BCUT2D eigenvalue weighted by atomic mass is 32.2. The number of aryl methyl sites for hydroxylation is 1. The number of ether oxygens (including phenoxy) is 1. The Morgan fingerprint density at radius 1 is 1.27 bits per heavy atom. The highest BCUT2D eigenvalue weighted by molar-refractivity contribution is 7.99. The summed E-state index contributed by atoms with van der Waals surface area (Å²) in [5.41, 5.74) is -0.790. The second-order valence-electron chi connectivity index (χ2n) is 5.96. The van der Waals surface area contributed by atoms with E-state index in [1.54, 1.807) is 11.6 Å². The molecule has 0 spiro atoms. The summed E-state index contributed by atoms with van der Waals surface area (Å²) in [7, 11) is 1.68. The number of alkyl halides is 3. The normalized spacial score (nSPS) is 11.5. The number of nitrogens with zero attached hydrogens (tertiary/aromatic N) is 5. The van der Waals surface area contributed by atoms with E-state index in [-0.39, 0.29) is 24.0 Å². The fourth-order valence-corrected chi connectivity index (χ4v) is 3.66. The van der Waals surface area contributed by atoms with Gasteiger partial charge in [0, 0.05) is 7.05 Å². The second kappa shape index (κ2) is 9.43. The molecule has 0 fully saturated rings. The molecule has 0 aliphatic rings. The summed E-state index contributed by atoms with van der Waals surface area (Å²) < 4.78 is 45.4. The van der Waals surface area contributed by atoms with Crippen LogP contribution in [-0.2, 0) is 31.0 Å². The van der Waals surface area contributed by atoms with Crippen molar-refractivity contribution in [2.45, 2.75) is 31.3 Å². The molecule has 0 atom stereocenters. The Balaban J connectivity index is 1.53. The van der Waals surface area contributed by atoms with Crippen LogP contribution >= 0.6 is 23.1 Å². The van der Waals surface area contributed by atoms with Gasteiger partial charge >= 0.3 is 6.18 Å². The van der Waals surface area contributed by atoms with Gasteiger partial charge in [-0.25, -0.2) is 0 Å². The molecule has 0 saturated heterocycles. The van der Waals surface area contributed by atoms with Crippen molar-refractivity contribution in [3.05, 3.63) is 40.7 Å². The van der Waals surface area contributed by atoms with E-state index in [4.69, 9.17) is 4.74 Å². The lowest BCUT2D eigenvalue weighted by molar-refractivity contribution is -0.137. The van der Waals surface area contributed by atoms with Crippen molar-refractivity contribution in [1.82, 2.24) is 25.0 Å². The van der Waals surface area contributed by atoms with Crippen molar-refractivity contribution in [2.75, 3.05) is 11.1 Å². The van der Waals surface area contributed by atoms with Gasteiger partial charge in [-0.1, -0.05) is 36.1 Å². The van der Waals surface area contributed by atoms with E-state index in [2.05, 4.69) is 25.7 Å². The molecule has 13 heteroatoms. The minimum atomic E-state index is -4.44. The smallest absolute Gasteiger partial charge is 0.416 e. The van der Waals surface area contributed by atoms with Crippen LogP contribution in [0.5, 0.6) is 5.75 Å². The molecule has 0 aliphatic heterocycles. The highest BCUT2D eigenvalue weighted by Gasteiger charge is 2.30. The first-order valence-corrected chi connectivity index (χ1v) is 10.5. The number of halogens is 3. The maximum absolute atomic E-state index is 12.8. The third kappa shape index (κ3) is 5.69. The molecule has 0 aliphatic carbocycles. The van der Waals surface area contributed by atoms with Crippen LogP contribution in [0.15, 0.2) is 29.4 Å². The molecule has 1 N–H and O–H groups in total. The maximum Gasteiger partial charge on any atom is 0.416 e. The predicted octanol–water partition coefficient (Wildman–Crippen LogP) is 3.56. The zero-order valence-corrected chi connectivity index (χ0v) is 17.6. The van der Waals surface area contributed by atoms with Crippen molar-refractivity contribution < 1.29 is 22.7 Å². The van der Waals surface area contributed by atoms with Gasteiger partial charge in [0.1, 0.15) is 17.4 Å². The number of thioether (sulfide) groups is 1. The van der Waals surface area contributed by atoms with E-state index in [1.165, 1.54) is 23.5 Å². The average molecular weight is 458 g/mol. The van der Waals surface area contributed by atoms with Crippen LogP contribution in [0.25, 0.3) is 0 Å². The maximum atomic E-state index is 12.8. The standard InChI is InChI=1S/C17H17F3N6O2S2/c1-3-14-23-24-15(30-14)21-13(27)9-29-16-25-22-12(26(16)2)8-28-11-6-4-5-10(7-11)17(18,19)20/h4-7H,3,8-9H2,1-2H3,(H,21,24,27). The summed E-state index contributed by atoms with van der Waals surface area (Å²) in [5, 5.41) is 20.2. The van der Waals surface area contributed by atoms with Crippen LogP contribution < -0.4 is 10.1 Å². The van der Waals surface area contributed by atoms with Gasteiger partial charge < -0.3 is 9.30 Å². The Morgan fingerprint density at radius 2 is 2.07 bits per heavy atom. The minimum Gasteiger partial charge on any atom is -0.486 e. The Labute approximate surface area is 177 Å². The van der Waals surface area contributed by atoms with E-state index >= 15 is 0 Å². The molecule has 2 heterocycles. The molecule has 1 amide bonds. The van der Waals surface area contributed by atoms with Gasteiger partial charge in [-0.3, -0.25) is 10.1 Å². The summed E-state index contributed by atoms with van der Waals surface area (Å²) in [6, 6.07) is 4.60. The number of carbonyl (C=O) groups excluding carboxylic acids is 1. The summed E-state index contributed by atoms with van der Waals surface area (Å²) >= 11 is 2.48. The molecule has 160 valence electrons. The monoisotopic (exact) mass is 458 g/mol. The fraction of sp³-hybridized carbons (Fsp3) is 0.353. The molecule has 0 radical (unpaired) electrons. The third-order valence-corrected chi connectivity index (χ3v) is 5.81. The van der Waals surface area contributed by atoms with Gasteiger partial charge in [-0.2, -0.15) is 13.2 Å². The number of carbonyl (C=O) groups is 1. The number of benzene rings is 1. The molecule has 0 unspecified atom stereocenters. The Morgan fingerprint density at radius 3 is 2.77 bits per heavy atom. The second-order valence-corrected chi connectivity index (χ2v) is 7.97. The number of anilines is 1. The van der Waals surface area contributed by atoms with E-state index in [9.17, 15) is 18.0 Å². The lowest BCUT2D eigenvalue weighted by atomic mass is 10.2. The molecular formula is C17H17F3N6O2S2. The Bertz CT molecular complexity index is 1020. The SMILES string of the molecule is CCc1nnc(NC(=O)CSc2nnc(COc3cccc(C(F)(F)F)c3)n2C)s1. The quantitative estimate of drug-likeness (QED) is 0.516.